The number of hydrogen-bond donors (Lipinski definition) is 1. The summed E-state index contributed by atoms with van der Waals surface area (Å²) in [6, 6.07) is 21.9. The number of anilines is 1. The van der Waals surface area contributed by atoms with Crippen molar-refractivity contribution in [2.45, 2.75) is 19.9 Å². The molecule has 0 aromatic heterocycles. The zero-order valence-electron chi connectivity index (χ0n) is 16.1. The van der Waals surface area contributed by atoms with Gasteiger partial charge in [-0.3, -0.25) is 0 Å². The van der Waals surface area contributed by atoms with Crippen LogP contribution in [0.5, 0.6) is 23.0 Å². The van der Waals surface area contributed by atoms with Crippen molar-refractivity contribution in [1.82, 2.24) is 0 Å². The molecule has 0 aliphatic heterocycles. The Morgan fingerprint density at radius 3 is 2.32 bits per heavy atom. The van der Waals surface area contributed by atoms with Crippen molar-refractivity contribution in [1.29, 1.82) is 0 Å². The van der Waals surface area contributed by atoms with E-state index in [0.29, 0.717) is 13.2 Å². The van der Waals surface area contributed by atoms with Gasteiger partial charge in [-0.05, 0) is 83.1 Å². The quantitative estimate of drug-likeness (QED) is 0.349. The first kappa shape index (κ1) is 20.3. The van der Waals surface area contributed by atoms with E-state index in [0.717, 1.165) is 44.2 Å². The van der Waals surface area contributed by atoms with Crippen LogP contribution in [-0.2, 0) is 6.54 Å². The molecule has 1 N–H and O–H groups in total. The first-order valence-corrected chi connectivity index (χ1v) is 10.3. The lowest BCUT2D eigenvalue weighted by Crippen LogP contribution is -2.04. The molecule has 0 atom stereocenters. The van der Waals surface area contributed by atoms with E-state index < -0.39 is 0 Å². The van der Waals surface area contributed by atoms with Crippen molar-refractivity contribution in [3.05, 3.63) is 75.9 Å². The average molecular weight is 489 g/mol. The predicted octanol–water partition coefficient (Wildman–Crippen LogP) is 6.49. The Morgan fingerprint density at radius 2 is 1.64 bits per heavy atom. The van der Waals surface area contributed by atoms with Crippen LogP contribution >= 0.6 is 22.6 Å². The van der Waals surface area contributed by atoms with E-state index in [1.165, 1.54) is 0 Å². The van der Waals surface area contributed by atoms with E-state index in [2.05, 4.69) is 40.9 Å². The normalized spacial score (nSPS) is 10.4. The van der Waals surface area contributed by atoms with Gasteiger partial charge in [0, 0.05) is 12.2 Å². The third-order valence-corrected chi connectivity index (χ3v) is 4.87. The smallest absolute Gasteiger partial charge is 0.174 e. The highest BCUT2D eigenvalue weighted by molar-refractivity contribution is 14.1. The Kier molecular flexibility index (Phi) is 7.42. The van der Waals surface area contributed by atoms with E-state index in [4.69, 9.17) is 14.2 Å². The van der Waals surface area contributed by atoms with Crippen molar-refractivity contribution in [2.75, 3.05) is 19.0 Å². The van der Waals surface area contributed by atoms with Crippen LogP contribution in [0.25, 0.3) is 0 Å². The second kappa shape index (κ2) is 10.2. The van der Waals surface area contributed by atoms with Crippen molar-refractivity contribution < 1.29 is 14.2 Å². The first-order chi connectivity index (χ1) is 13.7. The second-order valence-corrected chi connectivity index (χ2v) is 7.41. The van der Waals surface area contributed by atoms with Crippen LogP contribution in [0.2, 0.25) is 0 Å². The summed E-state index contributed by atoms with van der Waals surface area (Å²) in [5, 5.41) is 3.44. The third-order valence-electron chi connectivity index (χ3n) is 4.07. The summed E-state index contributed by atoms with van der Waals surface area (Å²) in [5.74, 6) is 3.22. The summed E-state index contributed by atoms with van der Waals surface area (Å²) in [5.41, 5.74) is 2.16. The molecule has 0 fully saturated rings. The summed E-state index contributed by atoms with van der Waals surface area (Å²) in [4.78, 5) is 0. The summed E-state index contributed by atoms with van der Waals surface area (Å²) < 4.78 is 18.2. The highest BCUT2D eigenvalue weighted by atomic mass is 127. The number of benzene rings is 3. The van der Waals surface area contributed by atoms with Gasteiger partial charge in [0.25, 0.3) is 0 Å². The van der Waals surface area contributed by atoms with Gasteiger partial charge in [0.1, 0.15) is 11.5 Å². The van der Waals surface area contributed by atoms with Gasteiger partial charge in [-0.25, -0.2) is 0 Å². The minimum absolute atomic E-state index is 0.682. The lowest BCUT2D eigenvalue weighted by molar-refractivity contribution is 0.292. The summed E-state index contributed by atoms with van der Waals surface area (Å²) in [7, 11) is 1.67. The van der Waals surface area contributed by atoms with Crippen molar-refractivity contribution in [2.24, 2.45) is 0 Å². The summed E-state index contributed by atoms with van der Waals surface area (Å²) >= 11 is 2.29. The Hall–Kier alpha value is -2.41. The minimum atomic E-state index is 0.682. The Bertz CT molecular complexity index is 882. The highest BCUT2D eigenvalue weighted by Gasteiger charge is 2.11. The van der Waals surface area contributed by atoms with Gasteiger partial charge >= 0.3 is 0 Å². The molecule has 0 spiro atoms. The van der Waals surface area contributed by atoms with Gasteiger partial charge < -0.3 is 19.5 Å². The monoisotopic (exact) mass is 489 g/mol. The van der Waals surface area contributed by atoms with Crippen LogP contribution in [0, 0.1) is 3.57 Å². The number of ether oxygens (including phenoxy) is 3. The van der Waals surface area contributed by atoms with Crippen LogP contribution in [0.3, 0.4) is 0 Å². The maximum absolute atomic E-state index is 5.83. The fourth-order valence-corrected chi connectivity index (χ4v) is 3.51. The van der Waals surface area contributed by atoms with E-state index in [1.807, 2.05) is 60.7 Å². The van der Waals surface area contributed by atoms with E-state index >= 15 is 0 Å². The number of rotatable bonds is 9. The van der Waals surface area contributed by atoms with Crippen LogP contribution in [0.4, 0.5) is 5.69 Å². The Labute approximate surface area is 180 Å². The number of halogens is 1. The molecule has 4 nitrogen and oxygen atoms in total. The maximum Gasteiger partial charge on any atom is 0.174 e. The maximum atomic E-state index is 5.83. The molecular weight excluding hydrogens is 465 g/mol. The molecule has 0 radical (unpaired) electrons. The molecule has 0 amide bonds. The molecule has 0 aliphatic carbocycles. The fourth-order valence-electron chi connectivity index (χ4n) is 2.69. The van der Waals surface area contributed by atoms with Gasteiger partial charge in [0.15, 0.2) is 11.5 Å². The van der Waals surface area contributed by atoms with Crippen molar-refractivity contribution >= 4 is 28.3 Å². The molecule has 5 heteroatoms. The number of hydrogen-bond acceptors (Lipinski definition) is 4. The molecule has 3 aromatic rings. The second-order valence-electron chi connectivity index (χ2n) is 6.25. The molecule has 3 rings (SSSR count). The zero-order valence-corrected chi connectivity index (χ0v) is 18.2. The third kappa shape index (κ3) is 5.55. The van der Waals surface area contributed by atoms with E-state index in [-0.39, 0.29) is 0 Å². The number of para-hydroxylation sites is 1. The topological polar surface area (TPSA) is 39.7 Å². The van der Waals surface area contributed by atoms with Crippen molar-refractivity contribution in [3.8, 4) is 23.0 Å². The zero-order chi connectivity index (χ0) is 19.8. The van der Waals surface area contributed by atoms with Gasteiger partial charge in [-0.15, -0.1) is 0 Å². The number of nitrogens with one attached hydrogen (secondary N) is 1. The molecule has 0 heterocycles. The molecule has 0 saturated carbocycles. The Morgan fingerprint density at radius 1 is 0.929 bits per heavy atom. The fraction of sp³-hybridized carbons (Fsp3) is 0.217. The van der Waals surface area contributed by atoms with Crippen LogP contribution in [0.15, 0.2) is 66.7 Å². The molecule has 28 heavy (non-hydrogen) atoms. The van der Waals surface area contributed by atoms with Gasteiger partial charge in [-0.2, -0.15) is 0 Å². The first-order valence-electron chi connectivity index (χ1n) is 9.25. The molecule has 3 aromatic carbocycles. The minimum Gasteiger partial charge on any atom is -0.493 e. The van der Waals surface area contributed by atoms with Crippen LogP contribution in [-0.4, -0.2) is 13.7 Å². The Balaban J connectivity index is 1.63. The molecule has 0 unspecified atom stereocenters. The summed E-state index contributed by atoms with van der Waals surface area (Å²) in [6.07, 6.45) is 0.965. The number of methoxy groups -OCH3 is 1. The lowest BCUT2D eigenvalue weighted by Gasteiger charge is -2.15. The van der Waals surface area contributed by atoms with Crippen LogP contribution < -0.4 is 19.5 Å². The molecule has 0 saturated heterocycles. The average Bonchev–Trinajstić information content (AvgIpc) is 2.73. The standard InChI is InChI=1S/C23H24INO3/c1-3-13-27-23-21(24)14-17(15-22(23)26-2)16-25-18-9-11-20(12-10-18)28-19-7-5-4-6-8-19/h4-12,14-15,25H,3,13,16H2,1-2H3. The van der Waals surface area contributed by atoms with E-state index in [1.54, 1.807) is 7.11 Å². The highest BCUT2D eigenvalue weighted by Crippen LogP contribution is 2.34. The van der Waals surface area contributed by atoms with Gasteiger partial charge in [-0.1, -0.05) is 25.1 Å². The largest absolute Gasteiger partial charge is 0.493 e. The molecule has 146 valence electrons. The van der Waals surface area contributed by atoms with Gasteiger partial charge in [0.2, 0.25) is 0 Å². The predicted molar refractivity (Wildman–Crippen MR) is 122 cm³/mol. The molecule has 0 aliphatic rings. The SMILES string of the molecule is CCCOc1c(I)cc(CNc2ccc(Oc3ccccc3)cc2)cc1OC. The molecular formula is C23H24INO3. The lowest BCUT2D eigenvalue weighted by atomic mass is 10.2. The molecule has 0 bridgehead atoms. The van der Waals surface area contributed by atoms with Crippen LogP contribution in [0.1, 0.15) is 18.9 Å². The van der Waals surface area contributed by atoms with E-state index in [9.17, 15) is 0 Å². The van der Waals surface area contributed by atoms with Crippen molar-refractivity contribution in [3.63, 3.8) is 0 Å². The summed E-state index contributed by atoms with van der Waals surface area (Å²) in [6.45, 7) is 3.47. The van der Waals surface area contributed by atoms with Gasteiger partial charge in [0.05, 0.1) is 17.3 Å².